The van der Waals surface area contributed by atoms with Gasteiger partial charge in [-0.3, -0.25) is 4.90 Å². The third-order valence-corrected chi connectivity index (χ3v) is 5.91. The molecule has 1 unspecified atom stereocenters. The highest BCUT2D eigenvalue weighted by Crippen LogP contribution is 2.34. The van der Waals surface area contributed by atoms with E-state index in [1.165, 1.54) is 11.3 Å². The molecule has 4 rings (SSSR count). The van der Waals surface area contributed by atoms with Crippen LogP contribution in [0.5, 0.6) is 0 Å². The fourth-order valence-corrected chi connectivity index (χ4v) is 4.46. The van der Waals surface area contributed by atoms with Gasteiger partial charge in [-0.1, -0.05) is 23.7 Å². The summed E-state index contributed by atoms with van der Waals surface area (Å²) >= 11 is 7.38. The maximum atomic E-state index is 12.4. The molecular formula is C20H22ClN3O3S. The Balaban J connectivity index is 1.66. The fourth-order valence-electron chi connectivity index (χ4n) is 3.39. The first-order valence-electron chi connectivity index (χ1n) is 9.12. The van der Waals surface area contributed by atoms with Gasteiger partial charge in [-0.05, 0) is 39.0 Å². The molecule has 1 N–H and O–H groups in total. The summed E-state index contributed by atoms with van der Waals surface area (Å²) in [7, 11) is 0. The van der Waals surface area contributed by atoms with Crippen LogP contribution in [0.2, 0.25) is 4.34 Å². The molecular weight excluding hydrogens is 398 g/mol. The van der Waals surface area contributed by atoms with Crippen LogP contribution >= 0.6 is 22.9 Å². The standard InChI is InChI=1S/C20H22ClN3O3S/c1-20(2,3)27-19(26)23-9-10-24-13-6-4-5-12(17(13)22-16(24)11-23)18(25)14-7-8-15(21)28-14/h4-8,18,25H,9-11H2,1-3H3. The lowest BCUT2D eigenvalue weighted by Crippen LogP contribution is -2.41. The summed E-state index contributed by atoms with van der Waals surface area (Å²) in [6.07, 6.45) is -1.13. The summed E-state index contributed by atoms with van der Waals surface area (Å²) in [4.78, 5) is 19.6. The molecule has 0 fully saturated rings. The van der Waals surface area contributed by atoms with E-state index in [2.05, 4.69) is 4.57 Å². The van der Waals surface area contributed by atoms with Crippen LogP contribution in [0.15, 0.2) is 30.3 Å². The number of hydrogen-bond acceptors (Lipinski definition) is 5. The van der Waals surface area contributed by atoms with E-state index in [1.54, 1.807) is 11.0 Å². The first kappa shape index (κ1) is 19.2. The summed E-state index contributed by atoms with van der Waals surface area (Å²) < 4.78 is 8.23. The number of amides is 1. The Bertz CT molecular complexity index is 1040. The normalized spacial score (nSPS) is 15.5. The minimum atomic E-state index is -0.792. The van der Waals surface area contributed by atoms with Crippen molar-refractivity contribution in [2.24, 2.45) is 0 Å². The molecule has 0 saturated heterocycles. The first-order chi connectivity index (χ1) is 13.2. The third kappa shape index (κ3) is 3.62. The zero-order chi connectivity index (χ0) is 20.1. The van der Waals surface area contributed by atoms with Gasteiger partial charge >= 0.3 is 6.09 Å². The smallest absolute Gasteiger partial charge is 0.410 e. The van der Waals surface area contributed by atoms with E-state index in [9.17, 15) is 9.90 Å². The number of aromatic nitrogens is 2. The molecule has 1 aromatic carbocycles. The molecule has 0 saturated carbocycles. The van der Waals surface area contributed by atoms with Gasteiger partial charge in [0.05, 0.1) is 21.9 Å². The average molecular weight is 420 g/mol. The van der Waals surface area contributed by atoms with Crippen LogP contribution in [-0.2, 0) is 17.8 Å². The van der Waals surface area contributed by atoms with E-state index < -0.39 is 11.7 Å². The van der Waals surface area contributed by atoms with Gasteiger partial charge in [-0.25, -0.2) is 9.78 Å². The summed E-state index contributed by atoms with van der Waals surface area (Å²) in [6.45, 7) is 7.14. The van der Waals surface area contributed by atoms with Crippen molar-refractivity contribution < 1.29 is 14.6 Å². The third-order valence-electron chi connectivity index (χ3n) is 4.62. The largest absolute Gasteiger partial charge is 0.444 e. The monoisotopic (exact) mass is 419 g/mol. The number of thiophene rings is 1. The number of fused-ring (bicyclic) bond motifs is 3. The van der Waals surface area contributed by atoms with Crippen molar-refractivity contribution in [3.63, 3.8) is 0 Å². The summed E-state index contributed by atoms with van der Waals surface area (Å²) in [5.74, 6) is 0.788. The number of nitrogens with zero attached hydrogens (tertiary/aromatic N) is 3. The Kier molecular flexibility index (Phi) is 4.85. The van der Waals surface area contributed by atoms with Crippen LogP contribution in [0.3, 0.4) is 0 Å². The molecule has 148 valence electrons. The van der Waals surface area contributed by atoms with Crippen LogP contribution in [0.1, 0.15) is 43.1 Å². The molecule has 0 radical (unpaired) electrons. The zero-order valence-corrected chi connectivity index (χ0v) is 17.5. The van der Waals surface area contributed by atoms with Crippen molar-refractivity contribution in [1.82, 2.24) is 14.5 Å². The van der Waals surface area contributed by atoms with Gasteiger partial charge in [0.25, 0.3) is 0 Å². The molecule has 0 aliphatic carbocycles. The van der Waals surface area contributed by atoms with Gasteiger partial charge < -0.3 is 14.4 Å². The molecule has 3 aromatic rings. The number of benzene rings is 1. The number of hydrogen-bond donors (Lipinski definition) is 1. The topological polar surface area (TPSA) is 67.6 Å². The molecule has 3 heterocycles. The minimum Gasteiger partial charge on any atom is -0.444 e. The molecule has 1 aliphatic heterocycles. The number of carbonyl (C=O) groups is 1. The van der Waals surface area contributed by atoms with Gasteiger partial charge in [-0.15, -0.1) is 11.3 Å². The maximum absolute atomic E-state index is 12.4. The SMILES string of the molecule is CC(C)(C)OC(=O)N1CCn2c(nc3c(C(O)c4ccc(Cl)s4)cccc32)C1. The quantitative estimate of drug-likeness (QED) is 0.660. The van der Waals surface area contributed by atoms with Crippen molar-refractivity contribution in [1.29, 1.82) is 0 Å². The summed E-state index contributed by atoms with van der Waals surface area (Å²) in [5, 5.41) is 10.9. The van der Waals surface area contributed by atoms with Crippen LogP contribution in [0.25, 0.3) is 11.0 Å². The predicted octanol–water partition coefficient (Wildman–Crippen LogP) is 4.58. The number of para-hydroxylation sites is 1. The van der Waals surface area contributed by atoms with E-state index in [0.717, 1.165) is 27.3 Å². The zero-order valence-electron chi connectivity index (χ0n) is 16.0. The lowest BCUT2D eigenvalue weighted by molar-refractivity contribution is 0.0196. The Hall–Kier alpha value is -2.09. The Morgan fingerprint density at radius 3 is 2.75 bits per heavy atom. The Morgan fingerprint density at radius 2 is 2.07 bits per heavy atom. The molecule has 8 heteroatoms. The molecule has 1 aliphatic rings. The second-order valence-electron chi connectivity index (χ2n) is 7.84. The van der Waals surface area contributed by atoms with Crippen molar-refractivity contribution >= 4 is 40.1 Å². The van der Waals surface area contributed by atoms with Gasteiger partial charge in [0, 0.05) is 23.5 Å². The van der Waals surface area contributed by atoms with Gasteiger partial charge in [-0.2, -0.15) is 0 Å². The minimum absolute atomic E-state index is 0.334. The highest BCUT2D eigenvalue weighted by Gasteiger charge is 2.28. The van der Waals surface area contributed by atoms with Gasteiger partial charge in [0.15, 0.2) is 0 Å². The molecule has 1 atom stereocenters. The highest BCUT2D eigenvalue weighted by atomic mass is 35.5. The van der Waals surface area contributed by atoms with Crippen LogP contribution in [-0.4, -0.2) is 37.8 Å². The summed E-state index contributed by atoms with van der Waals surface area (Å²) in [6, 6.07) is 9.40. The number of imidazole rings is 1. The number of carbonyl (C=O) groups excluding carboxylic acids is 1. The fraction of sp³-hybridized carbons (Fsp3) is 0.400. The molecule has 0 bridgehead atoms. The van der Waals surface area contributed by atoms with Crippen molar-refractivity contribution in [3.05, 3.63) is 50.9 Å². The second kappa shape index (κ2) is 7.06. The Morgan fingerprint density at radius 1 is 1.29 bits per heavy atom. The van der Waals surface area contributed by atoms with Gasteiger partial charge in [0.2, 0.25) is 0 Å². The van der Waals surface area contributed by atoms with Crippen molar-refractivity contribution in [3.8, 4) is 0 Å². The van der Waals surface area contributed by atoms with E-state index in [0.29, 0.717) is 24.0 Å². The van der Waals surface area contributed by atoms with Crippen LogP contribution in [0, 0.1) is 0 Å². The van der Waals surface area contributed by atoms with Crippen LogP contribution in [0.4, 0.5) is 4.79 Å². The molecule has 2 aromatic heterocycles. The lowest BCUT2D eigenvalue weighted by atomic mass is 10.1. The summed E-state index contributed by atoms with van der Waals surface area (Å²) in [5.41, 5.74) is 1.91. The molecule has 0 spiro atoms. The first-order valence-corrected chi connectivity index (χ1v) is 10.3. The number of rotatable bonds is 2. The molecule has 6 nitrogen and oxygen atoms in total. The Labute approximate surface area is 172 Å². The number of aliphatic hydroxyl groups is 1. The average Bonchev–Trinajstić information content (AvgIpc) is 3.22. The molecule has 1 amide bonds. The van der Waals surface area contributed by atoms with Crippen molar-refractivity contribution in [2.45, 2.75) is 45.6 Å². The van der Waals surface area contributed by atoms with Crippen LogP contribution < -0.4 is 0 Å². The number of aliphatic hydroxyl groups excluding tert-OH is 1. The van der Waals surface area contributed by atoms with E-state index in [1.807, 2.05) is 45.0 Å². The maximum Gasteiger partial charge on any atom is 0.410 e. The van der Waals surface area contributed by atoms with E-state index >= 15 is 0 Å². The number of ether oxygens (including phenoxy) is 1. The van der Waals surface area contributed by atoms with Crippen molar-refractivity contribution in [2.75, 3.05) is 6.54 Å². The van der Waals surface area contributed by atoms with Gasteiger partial charge in [0.1, 0.15) is 17.5 Å². The highest BCUT2D eigenvalue weighted by molar-refractivity contribution is 7.16. The predicted molar refractivity (Wildman–Crippen MR) is 110 cm³/mol. The number of halogens is 1. The molecule has 28 heavy (non-hydrogen) atoms. The second-order valence-corrected chi connectivity index (χ2v) is 9.59. The van der Waals surface area contributed by atoms with E-state index in [-0.39, 0.29) is 6.09 Å². The lowest BCUT2D eigenvalue weighted by Gasteiger charge is -2.30. The van der Waals surface area contributed by atoms with E-state index in [4.69, 9.17) is 21.3 Å².